The van der Waals surface area contributed by atoms with Crippen molar-refractivity contribution in [1.82, 2.24) is 55.6 Å². The number of methoxy groups -OCH3 is 3. The fourth-order valence-electron chi connectivity index (χ4n) is 11.9. The molecule has 1 fully saturated rings. The van der Waals surface area contributed by atoms with Crippen LogP contribution in [0, 0.1) is 41.4 Å². The number of carbonyl (C=O) groups is 13. The number of esters is 2. The zero-order valence-corrected chi connectivity index (χ0v) is 63.2. The highest BCUT2D eigenvalue weighted by molar-refractivity contribution is 6.01. The van der Waals surface area contributed by atoms with Gasteiger partial charge >= 0.3 is 11.9 Å². The minimum Gasteiger partial charge on any atom is -0.468 e. The van der Waals surface area contributed by atoms with Gasteiger partial charge in [0.2, 0.25) is 65.0 Å². The number of aliphatic hydroxyl groups excluding tert-OH is 1. The highest BCUT2D eigenvalue weighted by Gasteiger charge is 2.48. The number of ether oxygens (including phenoxy) is 3. The van der Waals surface area contributed by atoms with Gasteiger partial charge in [-0.3, -0.25) is 62.3 Å². The number of carbonyl (C=O) groups excluding carboxylic acids is 13. The average Bonchev–Trinajstić information content (AvgIpc) is 0.814. The van der Waals surface area contributed by atoms with E-state index in [1.165, 1.54) is 91.9 Å². The van der Waals surface area contributed by atoms with Crippen LogP contribution >= 0.6 is 0 Å². The lowest BCUT2D eigenvalue weighted by molar-refractivity contribution is -0.162. The Morgan fingerprint density at radius 1 is 0.485 bits per heavy atom. The molecule has 1 rings (SSSR count). The molecule has 1 saturated heterocycles. The van der Waals surface area contributed by atoms with Gasteiger partial charge in [0, 0.05) is 69.3 Å². The molecule has 97 heavy (non-hydrogen) atoms. The number of aliphatic hydroxyl groups is 1. The molecule has 554 valence electrons. The fourth-order valence-corrected chi connectivity index (χ4v) is 11.9. The molecule has 0 saturated carbocycles. The predicted molar refractivity (Wildman–Crippen MR) is 366 cm³/mol. The molecule has 1 unspecified atom stereocenters. The lowest BCUT2D eigenvalue weighted by atomic mass is 9.91. The van der Waals surface area contributed by atoms with Crippen molar-refractivity contribution in [2.45, 2.75) is 241 Å². The normalized spacial score (nSPS) is 25.9. The second-order valence-corrected chi connectivity index (χ2v) is 28.7. The molecule has 0 aromatic rings. The summed E-state index contributed by atoms with van der Waals surface area (Å²) in [6, 6.07) is -15.7. The van der Waals surface area contributed by atoms with Gasteiger partial charge < -0.3 is 74.9 Å². The zero-order valence-electron chi connectivity index (χ0n) is 63.2. The summed E-state index contributed by atoms with van der Waals surface area (Å²) >= 11 is 0. The van der Waals surface area contributed by atoms with E-state index < -0.39 is 185 Å². The SMILES string of the molecule is C/C=C/C[C@@H](C)[C@@H](O)[C@H]1C(=O)N[C@@H](CC)C(=O)N(C)C(CC(C(=O)OC)C(=O)OC)C(=O)N(C)[C@@H](CC(C)(C)OC)C(=O)N[C@@H](C(C)C)C(=O)N(C)[C@@H](CC(C)C)C(=O)N[C@@H](C)C(=O)N[C@H](C)C(=O)N(C)[C@@H](CC(C)C)C(=O)N(C)[C@@H](CC(C)C)C(=O)N(C)[C@@H](C(C)C)C(=O)N1C. The molecular weight excluding hydrogens is 1250 g/mol. The van der Waals surface area contributed by atoms with Crippen molar-refractivity contribution in [2.75, 3.05) is 70.7 Å². The summed E-state index contributed by atoms with van der Waals surface area (Å²) < 4.78 is 15.7. The van der Waals surface area contributed by atoms with Gasteiger partial charge in [0.1, 0.15) is 66.5 Å². The molecule has 28 nitrogen and oxygen atoms in total. The second-order valence-electron chi connectivity index (χ2n) is 28.7. The number of amides is 11. The van der Waals surface area contributed by atoms with Crippen molar-refractivity contribution >= 4 is 76.9 Å². The Kier molecular flexibility index (Phi) is 35.6. The monoisotopic (exact) mass is 1380 g/mol. The van der Waals surface area contributed by atoms with Crippen LogP contribution in [0.5, 0.6) is 0 Å². The standard InChI is InChI=1S/C69H121N11O17/c1-28-30-31-42(13)55(81)54-59(85)72-46(29-2)61(87)76(20)50(35-45(67(93)95-25)68(94)96-26)63(89)78(22)51(36-69(16,17)97-27)58(84)73-52(40(9)10)65(91)74(18)47(32-37(3)4)57(83)70-43(14)56(82)71-44(15)60(86)75(19)48(33-38(5)6)62(88)77(21)49(34-39(7)8)64(90)79(23)53(41(11)12)66(92)80(54)24/h28,30,37-55,81H,29,31-36H2,1-27H3,(H,70,83)(H,71,82)(H,72,85)(H,73,84)/b30-28+/t42-,43+,44-,46+,47+,48+,49+,50?,51+,52+,53+,54+,55-/m1/s1. The van der Waals surface area contributed by atoms with E-state index in [9.17, 15) is 33.9 Å². The van der Waals surface area contributed by atoms with Crippen molar-refractivity contribution in [3.05, 3.63) is 12.2 Å². The third kappa shape index (κ3) is 24.0. The van der Waals surface area contributed by atoms with Crippen LogP contribution in [0.15, 0.2) is 12.2 Å². The Bertz CT molecular complexity index is 2740. The van der Waals surface area contributed by atoms with Crippen LogP contribution in [-0.2, 0) is 76.5 Å². The van der Waals surface area contributed by atoms with Crippen LogP contribution in [0.4, 0.5) is 0 Å². The fraction of sp³-hybridized carbons (Fsp3) is 0.783. The van der Waals surface area contributed by atoms with Crippen LogP contribution in [0.1, 0.15) is 163 Å². The molecule has 11 amide bonds. The van der Waals surface area contributed by atoms with Gasteiger partial charge in [-0.1, -0.05) is 95.2 Å². The van der Waals surface area contributed by atoms with Gasteiger partial charge in [-0.25, -0.2) is 0 Å². The summed E-state index contributed by atoms with van der Waals surface area (Å²) in [6.45, 7) is 28.7. The smallest absolute Gasteiger partial charge is 0.320 e. The summed E-state index contributed by atoms with van der Waals surface area (Å²) in [5, 5.41) is 23.2. The molecule has 0 radical (unpaired) electrons. The maximum atomic E-state index is 15.6. The highest BCUT2D eigenvalue weighted by atomic mass is 16.5. The third-order valence-electron chi connectivity index (χ3n) is 18.4. The van der Waals surface area contributed by atoms with Gasteiger partial charge in [0.15, 0.2) is 5.92 Å². The number of likely N-dealkylation sites (N-methyl/N-ethyl adjacent to an activating group) is 7. The molecule has 1 heterocycles. The van der Waals surface area contributed by atoms with E-state index in [0.29, 0.717) is 0 Å². The lowest BCUT2D eigenvalue weighted by Gasteiger charge is -2.42. The van der Waals surface area contributed by atoms with E-state index in [2.05, 4.69) is 21.3 Å². The van der Waals surface area contributed by atoms with Gasteiger partial charge in [-0.2, -0.15) is 0 Å². The Balaban J connectivity index is 4.73. The second kappa shape index (κ2) is 39.4. The van der Waals surface area contributed by atoms with E-state index >= 15 is 33.6 Å². The van der Waals surface area contributed by atoms with Gasteiger partial charge in [0.25, 0.3) is 0 Å². The number of hydrogen-bond donors (Lipinski definition) is 5. The Labute approximate surface area is 577 Å². The molecule has 0 aromatic heterocycles. The van der Waals surface area contributed by atoms with Crippen molar-refractivity contribution in [2.24, 2.45) is 41.4 Å². The maximum absolute atomic E-state index is 15.6. The number of nitrogens with zero attached hydrogens (tertiary/aromatic N) is 7. The average molecular weight is 1380 g/mol. The number of hydrogen-bond acceptors (Lipinski definition) is 17. The largest absolute Gasteiger partial charge is 0.468 e. The number of rotatable bonds is 20. The molecule has 5 N–H and O–H groups in total. The first-order valence-electron chi connectivity index (χ1n) is 33.9. The number of nitrogens with one attached hydrogen (secondary N) is 4. The van der Waals surface area contributed by atoms with E-state index in [1.54, 1.807) is 67.5 Å². The minimum absolute atomic E-state index is 0.0722. The summed E-state index contributed by atoms with van der Waals surface area (Å²) in [7, 11) is 12.7. The summed E-state index contributed by atoms with van der Waals surface area (Å²) in [5.74, 6) is -15.8. The van der Waals surface area contributed by atoms with Crippen LogP contribution < -0.4 is 21.3 Å². The Hall–Kier alpha value is -7.23. The van der Waals surface area contributed by atoms with Gasteiger partial charge in [-0.15, -0.1) is 0 Å². The minimum atomic E-state index is -1.85. The van der Waals surface area contributed by atoms with Crippen LogP contribution in [0.2, 0.25) is 0 Å². The molecule has 1 aliphatic rings. The first-order chi connectivity index (χ1) is 44.8. The molecule has 0 spiro atoms. The van der Waals surface area contributed by atoms with Crippen molar-refractivity contribution in [3.63, 3.8) is 0 Å². The molecule has 13 atom stereocenters. The third-order valence-corrected chi connectivity index (χ3v) is 18.4. The summed E-state index contributed by atoms with van der Waals surface area (Å²) in [6.07, 6.45) is 1.11. The molecule has 0 aromatic carbocycles. The van der Waals surface area contributed by atoms with Gasteiger partial charge in [0.05, 0.1) is 25.9 Å². The van der Waals surface area contributed by atoms with Crippen molar-refractivity contribution in [1.29, 1.82) is 0 Å². The van der Waals surface area contributed by atoms with Gasteiger partial charge in [-0.05, 0) is 102 Å². The van der Waals surface area contributed by atoms with E-state index in [-0.39, 0.29) is 56.3 Å². The first kappa shape index (κ1) is 87.8. The van der Waals surface area contributed by atoms with Crippen LogP contribution in [0.3, 0.4) is 0 Å². The topological polar surface area (TPSA) is 341 Å². The first-order valence-corrected chi connectivity index (χ1v) is 33.9. The molecule has 0 aliphatic carbocycles. The quantitative estimate of drug-likeness (QED) is 0.0665. The predicted octanol–water partition coefficient (Wildman–Crippen LogP) is 2.76. The van der Waals surface area contributed by atoms with E-state index in [0.717, 1.165) is 33.8 Å². The lowest BCUT2D eigenvalue weighted by Crippen LogP contribution is -2.64. The van der Waals surface area contributed by atoms with E-state index in [4.69, 9.17) is 14.2 Å². The van der Waals surface area contributed by atoms with Crippen molar-refractivity contribution < 1.29 is 81.6 Å². The molecule has 0 bridgehead atoms. The van der Waals surface area contributed by atoms with Crippen LogP contribution in [0.25, 0.3) is 0 Å². The Morgan fingerprint density at radius 3 is 1.32 bits per heavy atom. The molecule has 1 aliphatic heterocycles. The highest BCUT2D eigenvalue weighted by Crippen LogP contribution is 2.28. The number of allylic oxidation sites excluding steroid dienone is 2. The molecular formula is C69H121N11O17. The van der Waals surface area contributed by atoms with E-state index in [1.807, 2.05) is 41.5 Å². The van der Waals surface area contributed by atoms with Crippen LogP contribution in [-0.4, -0.2) is 265 Å². The maximum Gasteiger partial charge on any atom is 0.320 e. The molecule has 28 heteroatoms. The Morgan fingerprint density at radius 2 is 0.887 bits per heavy atom. The zero-order chi connectivity index (χ0) is 75.3. The summed E-state index contributed by atoms with van der Waals surface area (Å²) in [4.78, 5) is 200. The van der Waals surface area contributed by atoms with Crippen molar-refractivity contribution in [3.8, 4) is 0 Å². The summed E-state index contributed by atoms with van der Waals surface area (Å²) in [5.41, 5.74) is -1.19.